The summed E-state index contributed by atoms with van der Waals surface area (Å²) in [6.45, 7) is -0.195. The molecule has 0 bridgehead atoms. The topological polar surface area (TPSA) is 63.2 Å². The smallest absolute Gasteiger partial charge is 0.387 e. The molecule has 2 aromatic heterocycles. The third-order valence-corrected chi connectivity index (χ3v) is 4.04. The van der Waals surface area contributed by atoms with Crippen molar-refractivity contribution in [3.8, 4) is 16.9 Å². The van der Waals surface area contributed by atoms with Gasteiger partial charge in [-0.3, -0.25) is 0 Å². The van der Waals surface area contributed by atoms with Crippen LogP contribution in [0.25, 0.3) is 11.1 Å². The second kappa shape index (κ2) is 8.55. The number of aromatic nitrogens is 3. The standard InChI is InChI=1S/C19H18F3N5O/c1-3-27(2)18-9-16(15(20)11-23-18)25-17-8-13(10-24-26-17)12-4-6-14(7-5-12)28-19(21)22/h4-11,19H,3H2,1-2H3,(H,23,25,26). The van der Waals surface area contributed by atoms with Gasteiger partial charge >= 0.3 is 6.61 Å². The second-order valence-electron chi connectivity index (χ2n) is 5.89. The average molecular weight is 389 g/mol. The lowest BCUT2D eigenvalue weighted by Gasteiger charge is -2.17. The third-order valence-electron chi connectivity index (χ3n) is 4.04. The number of hydrogen-bond acceptors (Lipinski definition) is 6. The summed E-state index contributed by atoms with van der Waals surface area (Å²) in [6, 6.07) is 9.39. The van der Waals surface area contributed by atoms with Crippen molar-refractivity contribution in [2.24, 2.45) is 0 Å². The minimum Gasteiger partial charge on any atom is -0.435 e. The van der Waals surface area contributed by atoms with Gasteiger partial charge in [0.25, 0.3) is 0 Å². The maximum atomic E-state index is 14.1. The summed E-state index contributed by atoms with van der Waals surface area (Å²) in [5.41, 5.74) is 1.63. The van der Waals surface area contributed by atoms with Crippen LogP contribution in [-0.2, 0) is 0 Å². The molecule has 0 saturated carbocycles. The molecule has 28 heavy (non-hydrogen) atoms. The SMILES string of the molecule is CCN(C)c1cc(Nc2cc(-c3ccc(OC(F)F)cc3)cnn2)c(F)cn1. The fourth-order valence-corrected chi connectivity index (χ4v) is 2.45. The van der Waals surface area contributed by atoms with Crippen LogP contribution >= 0.6 is 0 Å². The molecule has 0 saturated heterocycles. The monoisotopic (exact) mass is 389 g/mol. The first kappa shape index (κ1) is 19.4. The van der Waals surface area contributed by atoms with Crippen molar-refractivity contribution in [3.05, 3.63) is 54.6 Å². The number of hydrogen-bond donors (Lipinski definition) is 1. The van der Waals surface area contributed by atoms with Crippen LogP contribution in [0, 0.1) is 5.82 Å². The molecule has 3 rings (SSSR count). The van der Waals surface area contributed by atoms with Gasteiger partial charge in [-0.1, -0.05) is 12.1 Å². The van der Waals surface area contributed by atoms with Gasteiger partial charge in [0.2, 0.25) is 0 Å². The maximum Gasteiger partial charge on any atom is 0.387 e. The van der Waals surface area contributed by atoms with E-state index >= 15 is 0 Å². The van der Waals surface area contributed by atoms with E-state index in [1.54, 1.807) is 24.3 Å². The number of nitrogens with zero attached hydrogens (tertiary/aromatic N) is 4. The Balaban J connectivity index is 1.82. The van der Waals surface area contributed by atoms with Gasteiger partial charge < -0.3 is 15.0 Å². The molecule has 0 atom stereocenters. The zero-order chi connectivity index (χ0) is 20.1. The van der Waals surface area contributed by atoms with E-state index in [9.17, 15) is 13.2 Å². The van der Waals surface area contributed by atoms with Crippen molar-refractivity contribution >= 4 is 17.3 Å². The predicted octanol–water partition coefficient (Wildman–Crippen LogP) is 4.48. The zero-order valence-electron chi connectivity index (χ0n) is 15.2. The Bertz CT molecular complexity index is 937. The molecule has 1 N–H and O–H groups in total. The Morgan fingerprint density at radius 1 is 1.11 bits per heavy atom. The molecule has 2 heterocycles. The lowest BCUT2D eigenvalue weighted by atomic mass is 10.1. The van der Waals surface area contributed by atoms with E-state index in [-0.39, 0.29) is 11.4 Å². The molecule has 0 aliphatic carbocycles. The van der Waals surface area contributed by atoms with Crippen molar-refractivity contribution in [2.45, 2.75) is 13.5 Å². The van der Waals surface area contributed by atoms with Crippen LogP contribution in [0.15, 0.2) is 48.8 Å². The van der Waals surface area contributed by atoms with E-state index < -0.39 is 12.4 Å². The lowest BCUT2D eigenvalue weighted by molar-refractivity contribution is -0.0498. The molecule has 0 aliphatic rings. The summed E-state index contributed by atoms with van der Waals surface area (Å²) in [5.74, 6) is 0.491. The fourth-order valence-electron chi connectivity index (χ4n) is 2.45. The molecule has 146 valence electrons. The number of rotatable bonds is 7. The van der Waals surface area contributed by atoms with Gasteiger partial charge in [-0.15, -0.1) is 5.10 Å². The van der Waals surface area contributed by atoms with E-state index in [2.05, 4.69) is 25.2 Å². The van der Waals surface area contributed by atoms with E-state index in [1.807, 2.05) is 18.9 Å². The Hall–Kier alpha value is -3.36. The fraction of sp³-hybridized carbons (Fsp3) is 0.211. The summed E-state index contributed by atoms with van der Waals surface area (Å²) < 4.78 is 43.0. The van der Waals surface area contributed by atoms with Crippen molar-refractivity contribution in [3.63, 3.8) is 0 Å². The van der Waals surface area contributed by atoms with E-state index in [1.165, 1.54) is 18.3 Å². The zero-order valence-corrected chi connectivity index (χ0v) is 15.2. The van der Waals surface area contributed by atoms with Crippen molar-refractivity contribution in [2.75, 3.05) is 23.8 Å². The number of pyridine rings is 1. The number of benzene rings is 1. The van der Waals surface area contributed by atoms with Gasteiger partial charge in [0.15, 0.2) is 11.6 Å². The van der Waals surface area contributed by atoms with Crippen LogP contribution in [0.1, 0.15) is 6.92 Å². The van der Waals surface area contributed by atoms with E-state index in [0.29, 0.717) is 17.2 Å². The highest BCUT2D eigenvalue weighted by Crippen LogP contribution is 2.26. The number of alkyl halides is 2. The van der Waals surface area contributed by atoms with Crippen molar-refractivity contribution in [1.82, 2.24) is 15.2 Å². The molecular weight excluding hydrogens is 371 g/mol. The summed E-state index contributed by atoms with van der Waals surface area (Å²) in [5, 5.41) is 10.8. The number of halogens is 3. The highest BCUT2D eigenvalue weighted by molar-refractivity contribution is 5.69. The summed E-state index contributed by atoms with van der Waals surface area (Å²) >= 11 is 0. The minimum absolute atomic E-state index is 0.0607. The molecule has 9 heteroatoms. The van der Waals surface area contributed by atoms with Gasteiger partial charge in [0.1, 0.15) is 11.6 Å². The number of ether oxygens (including phenoxy) is 1. The Labute approximate surface area is 160 Å². The first-order chi connectivity index (χ1) is 13.5. The van der Waals surface area contributed by atoms with Crippen LogP contribution in [0.2, 0.25) is 0 Å². The summed E-state index contributed by atoms with van der Waals surface area (Å²) in [7, 11) is 1.85. The van der Waals surface area contributed by atoms with Crippen LogP contribution < -0.4 is 15.0 Å². The Morgan fingerprint density at radius 3 is 2.54 bits per heavy atom. The molecule has 0 aliphatic heterocycles. The average Bonchev–Trinajstić information content (AvgIpc) is 2.69. The van der Waals surface area contributed by atoms with E-state index in [0.717, 1.165) is 18.3 Å². The minimum atomic E-state index is -2.88. The Morgan fingerprint density at radius 2 is 1.86 bits per heavy atom. The molecule has 0 unspecified atom stereocenters. The highest BCUT2D eigenvalue weighted by atomic mass is 19.3. The lowest BCUT2D eigenvalue weighted by Crippen LogP contribution is -2.17. The second-order valence-corrected chi connectivity index (χ2v) is 5.89. The van der Waals surface area contributed by atoms with Gasteiger partial charge in [-0.2, -0.15) is 13.9 Å². The maximum absolute atomic E-state index is 14.1. The van der Waals surface area contributed by atoms with Crippen molar-refractivity contribution < 1.29 is 17.9 Å². The summed E-state index contributed by atoms with van der Waals surface area (Å²) in [6.07, 6.45) is 2.66. The molecule has 0 spiro atoms. The largest absolute Gasteiger partial charge is 0.435 e. The predicted molar refractivity (Wildman–Crippen MR) is 101 cm³/mol. The quantitative estimate of drug-likeness (QED) is 0.643. The normalized spacial score (nSPS) is 10.8. The Kier molecular flexibility index (Phi) is 5.93. The van der Waals surface area contributed by atoms with Gasteiger partial charge in [-0.25, -0.2) is 9.37 Å². The van der Waals surface area contributed by atoms with Gasteiger partial charge in [0.05, 0.1) is 18.1 Å². The first-order valence-corrected chi connectivity index (χ1v) is 8.48. The molecule has 0 amide bonds. The molecule has 6 nitrogen and oxygen atoms in total. The van der Waals surface area contributed by atoms with Crippen LogP contribution in [-0.4, -0.2) is 35.4 Å². The van der Waals surface area contributed by atoms with Gasteiger partial charge in [-0.05, 0) is 30.7 Å². The molecule has 0 fully saturated rings. The number of nitrogens with one attached hydrogen (secondary N) is 1. The number of anilines is 3. The molecule has 3 aromatic rings. The third kappa shape index (κ3) is 4.67. The summed E-state index contributed by atoms with van der Waals surface area (Å²) in [4.78, 5) is 5.93. The molecule has 1 aromatic carbocycles. The first-order valence-electron chi connectivity index (χ1n) is 8.48. The van der Waals surface area contributed by atoms with Gasteiger partial charge in [0, 0.05) is 25.2 Å². The highest BCUT2D eigenvalue weighted by Gasteiger charge is 2.10. The molecular formula is C19H18F3N5O. The molecule has 0 radical (unpaired) electrons. The van der Waals surface area contributed by atoms with Crippen LogP contribution in [0.4, 0.5) is 30.5 Å². The van der Waals surface area contributed by atoms with Crippen LogP contribution in [0.3, 0.4) is 0 Å². The van der Waals surface area contributed by atoms with Crippen LogP contribution in [0.5, 0.6) is 5.75 Å². The van der Waals surface area contributed by atoms with Crippen molar-refractivity contribution in [1.29, 1.82) is 0 Å². The van der Waals surface area contributed by atoms with E-state index in [4.69, 9.17) is 0 Å².